The lowest BCUT2D eigenvalue weighted by Crippen LogP contribution is -2.24. The number of halogens is 4. The first kappa shape index (κ1) is 21.1. The van der Waals surface area contributed by atoms with E-state index in [0.29, 0.717) is 10.8 Å². The first-order valence-corrected chi connectivity index (χ1v) is 10.3. The molecule has 0 aliphatic heterocycles. The van der Waals surface area contributed by atoms with E-state index in [4.69, 9.17) is 16.3 Å². The molecule has 0 aliphatic carbocycles. The molecule has 0 bridgehead atoms. The van der Waals surface area contributed by atoms with Crippen LogP contribution < -0.4 is 10.4 Å². The molecule has 0 radical (unpaired) electrons. The summed E-state index contributed by atoms with van der Waals surface area (Å²) in [5.41, 5.74) is -0.323. The third-order valence-electron chi connectivity index (χ3n) is 4.38. The number of benzene rings is 2. The van der Waals surface area contributed by atoms with Crippen LogP contribution in [-0.4, -0.2) is 19.3 Å². The maximum Gasteiger partial charge on any atom is 0.350 e. The summed E-state index contributed by atoms with van der Waals surface area (Å²) in [6.07, 6.45) is 1.13. The van der Waals surface area contributed by atoms with Gasteiger partial charge in [-0.25, -0.2) is 22.9 Å². The Morgan fingerprint density at radius 3 is 2.55 bits per heavy atom. The lowest BCUT2D eigenvalue weighted by Gasteiger charge is -2.07. The fourth-order valence-electron chi connectivity index (χ4n) is 2.89. The molecular weight excluding hydrogens is 453 g/mol. The van der Waals surface area contributed by atoms with E-state index >= 15 is 0 Å². The van der Waals surface area contributed by atoms with Gasteiger partial charge in [0, 0.05) is 11.6 Å². The van der Waals surface area contributed by atoms with E-state index in [-0.39, 0.29) is 29.4 Å². The molecule has 11 heteroatoms. The number of aryl methyl sites for hydroxylation is 1. The number of alkyl halides is 1. The second kappa shape index (κ2) is 8.56. The Morgan fingerprint density at radius 2 is 1.87 bits per heavy atom. The summed E-state index contributed by atoms with van der Waals surface area (Å²) in [6.45, 7) is 1.43. The summed E-state index contributed by atoms with van der Waals surface area (Å²) in [6, 6.07) is 7.29. The minimum absolute atomic E-state index is 0.0697. The Bertz CT molecular complexity index is 1300. The van der Waals surface area contributed by atoms with Crippen LogP contribution in [0.4, 0.5) is 13.2 Å². The van der Waals surface area contributed by atoms with Crippen molar-refractivity contribution in [1.29, 1.82) is 0 Å². The summed E-state index contributed by atoms with van der Waals surface area (Å²) >= 11 is 7.06. The molecular formula is C20H14ClF3N4O2S. The van der Waals surface area contributed by atoms with Gasteiger partial charge in [-0.05, 0) is 31.2 Å². The molecule has 6 nitrogen and oxygen atoms in total. The molecule has 0 amide bonds. The maximum absolute atomic E-state index is 14.6. The standard InChI is InChI=1S/C20H14ClF3N4O2S/c1-11-26-17(8-21)19(31-11)30-18-6-5-12(7-16(18)24)28-20(29)27(10-25-28)9-13-14(22)3-2-4-15(13)23/h2-7,10H,8-9H2,1H3. The highest BCUT2D eigenvalue weighted by molar-refractivity contribution is 7.13. The minimum atomic E-state index is -0.776. The van der Waals surface area contributed by atoms with E-state index in [0.717, 1.165) is 38.8 Å². The van der Waals surface area contributed by atoms with E-state index in [1.54, 1.807) is 6.92 Å². The second-order valence-corrected chi connectivity index (χ2v) is 7.90. The van der Waals surface area contributed by atoms with Crippen LogP contribution in [0.3, 0.4) is 0 Å². The molecule has 4 aromatic rings. The molecule has 0 aliphatic rings. The third-order valence-corrected chi connectivity index (χ3v) is 5.53. The monoisotopic (exact) mass is 466 g/mol. The van der Waals surface area contributed by atoms with Crippen LogP contribution in [0.2, 0.25) is 0 Å². The molecule has 0 saturated heterocycles. The van der Waals surface area contributed by atoms with E-state index in [9.17, 15) is 18.0 Å². The molecule has 0 N–H and O–H groups in total. The molecule has 0 atom stereocenters. The van der Waals surface area contributed by atoms with E-state index in [1.807, 2.05) is 0 Å². The van der Waals surface area contributed by atoms with Crippen LogP contribution in [0, 0.1) is 24.4 Å². The summed E-state index contributed by atoms with van der Waals surface area (Å²) in [5, 5.41) is 5.03. The molecule has 4 rings (SSSR count). The van der Waals surface area contributed by atoms with Crippen LogP contribution in [-0.2, 0) is 12.4 Å². The largest absolute Gasteiger partial charge is 0.442 e. The number of hydrogen-bond acceptors (Lipinski definition) is 5. The maximum atomic E-state index is 14.6. The van der Waals surface area contributed by atoms with E-state index in [2.05, 4.69) is 10.1 Å². The van der Waals surface area contributed by atoms with Gasteiger partial charge in [-0.15, -0.1) is 11.6 Å². The van der Waals surface area contributed by atoms with Crippen molar-refractivity contribution >= 4 is 22.9 Å². The predicted octanol–water partition coefficient (Wildman–Crippen LogP) is 4.80. The SMILES string of the molecule is Cc1nc(CCl)c(Oc2ccc(-n3ncn(Cc4c(F)cccc4F)c3=O)cc2F)s1. The topological polar surface area (TPSA) is 61.9 Å². The van der Waals surface area contributed by atoms with Gasteiger partial charge in [0.1, 0.15) is 23.7 Å². The van der Waals surface area contributed by atoms with Crippen molar-refractivity contribution in [1.82, 2.24) is 19.3 Å². The van der Waals surface area contributed by atoms with Crippen LogP contribution in [0.15, 0.2) is 47.5 Å². The Balaban J connectivity index is 1.61. The number of aromatic nitrogens is 4. The smallest absolute Gasteiger partial charge is 0.350 e. The number of ether oxygens (including phenoxy) is 1. The van der Waals surface area contributed by atoms with Crippen LogP contribution in [0.5, 0.6) is 10.8 Å². The van der Waals surface area contributed by atoms with Gasteiger partial charge in [0.2, 0.25) is 5.06 Å². The molecule has 0 spiro atoms. The molecule has 31 heavy (non-hydrogen) atoms. The normalized spacial score (nSPS) is 11.1. The van der Waals surface area contributed by atoms with Crippen molar-refractivity contribution in [3.05, 3.63) is 86.9 Å². The minimum Gasteiger partial charge on any atom is -0.442 e. The van der Waals surface area contributed by atoms with Gasteiger partial charge < -0.3 is 4.74 Å². The average molecular weight is 467 g/mol. The summed E-state index contributed by atoms with van der Waals surface area (Å²) in [7, 11) is 0. The first-order valence-electron chi connectivity index (χ1n) is 8.94. The van der Waals surface area contributed by atoms with Crippen molar-refractivity contribution in [3.8, 4) is 16.5 Å². The number of nitrogens with zero attached hydrogens (tertiary/aromatic N) is 4. The van der Waals surface area contributed by atoms with Gasteiger partial charge in [0.15, 0.2) is 11.6 Å². The highest BCUT2D eigenvalue weighted by Gasteiger charge is 2.16. The molecule has 2 heterocycles. The highest BCUT2D eigenvalue weighted by Crippen LogP contribution is 2.34. The van der Waals surface area contributed by atoms with Gasteiger partial charge in [-0.2, -0.15) is 9.78 Å². The highest BCUT2D eigenvalue weighted by atomic mass is 35.5. The molecule has 2 aromatic heterocycles. The molecule has 0 saturated carbocycles. The Labute approximate surface area is 183 Å². The summed E-state index contributed by atoms with van der Waals surface area (Å²) in [5.74, 6) is -2.23. The quantitative estimate of drug-likeness (QED) is 0.383. The fourth-order valence-corrected chi connectivity index (χ4v) is 3.95. The number of thiazole rings is 1. The summed E-state index contributed by atoms with van der Waals surface area (Å²) < 4.78 is 49.9. The van der Waals surface area contributed by atoms with Crippen LogP contribution in [0.1, 0.15) is 16.3 Å². The molecule has 0 unspecified atom stereocenters. The lowest BCUT2D eigenvalue weighted by atomic mass is 10.2. The van der Waals surface area contributed by atoms with Gasteiger partial charge in [-0.3, -0.25) is 4.57 Å². The van der Waals surface area contributed by atoms with Crippen LogP contribution in [0.25, 0.3) is 5.69 Å². The van der Waals surface area contributed by atoms with E-state index < -0.39 is 23.1 Å². The fraction of sp³-hybridized carbons (Fsp3) is 0.150. The van der Waals surface area contributed by atoms with Crippen molar-refractivity contribution in [2.45, 2.75) is 19.3 Å². The van der Waals surface area contributed by atoms with Crippen molar-refractivity contribution in [3.63, 3.8) is 0 Å². The summed E-state index contributed by atoms with van der Waals surface area (Å²) in [4.78, 5) is 16.8. The van der Waals surface area contributed by atoms with Gasteiger partial charge in [-0.1, -0.05) is 17.4 Å². The Kier molecular flexibility index (Phi) is 5.84. The average Bonchev–Trinajstić information content (AvgIpc) is 3.28. The van der Waals surface area contributed by atoms with Gasteiger partial charge >= 0.3 is 5.69 Å². The van der Waals surface area contributed by atoms with Gasteiger partial charge in [0.05, 0.1) is 23.1 Å². The first-order chi connectivity index (χ1) is 14.9. The zero-order valence-electron chi connectivity index (χ0n) is 16.0. The van der Waals surface area contributed by atoms with E-state index in [1.165, 1.54) is 29.5 Å². The number of hydrogen-bond donors (Lipinski definition) is 0. The lowest BCUT2D eigenvalue weighted by molar-refractivity contribution is 0.448. The molecule has 2 aromatic carbocycles. The zero-order chi connectivity index (χ0) is 22.1. The van der Waals surface area contributed by atoms with Crippen LogP contribution >= 0.6 is 22.9 Å². The Morgan fingerprint density at radius 1 is 1.13 bits per heavy atom. The zero-order valence-corrected chi connectivity index (χ0v) is 17.6. The number of rotatable bonds is 6. The Hall–Kier alpha value is -3.11. The predicted molar refractivity (Wildman–Crippen MR) is 110 cm³/mol. The van der Waals surface area contributed by atoms with Crippen molar-refractivity contribution in [2.24, 2.45) is 0 Å². The molecule has 0 fully saturated rings. The van der Waals surface area contributed by atoms with Crippen molar-refractivity contribution < 1.29 is 17.9 Å². The van der Waals surface area contributed by atoms with Gasteiger partial charge in [0.25, 0.3) is 0 Å². The third kappa shape index (κ3) is 4.21. The molecule has 160 valence electrons. The second-order valence-electron chi connectivity index (χ2n) is 6.47. The van der Waals surface area contributed by atoms with Crippen molar-refractivity contribution in [2.75, 3.05) is 0 Å².